The largest absolute Gasteiger partial charge is 1.00 e. The maximum atomic E-state index is 2.20. The number of benzene rings is 1. The third kappa shape index (κ3) is 9.19. The van der Waals surface area contributed by atoms with Crippen LogP contribution in [-0.4, -0.2) is 25.6 Å². The van der Waals surface area contributed by atoms with Gasteiger partial charge in [0.15, 0.2) is 0 Å². The lowest BCUT2D eigenvalue weighted by atomic mass is 10.2. The molecule has 0 saturated heterocycles. The van der Waals surface area contributed by atoms with Crippen LogP contribution in [0.5, 0.6) is 0 Å². The topological polar surface area (TPSA) is 0 Å². The molecule has 0 aromatic heterocycles. The lowest BCUT2D eigenvalue weighted by molar-refractivity contribution is -0.884. The standard InChI is InChI=1S/C10H16N.3BrH/c1-11(2,3)9-10-7-5-4-6-8-10;;;/h4-8H,9H2,1-3H3;3*1H/q+1;;;/p-1. The second kappa shape index (κ2) is 8.89. The highest BCUT2D eigenvalue weighted by molar-refractivity contribution is 8.93. The first-order valence-corrected chi connectivity index (χ1v) is 3.92. The van der Waals surface area contributed by atoms with E-state index in [1.807, 2.05) is 0 Å². The van der Waals surface area contributed by atoms with Crippen LogP contribution in [-0.2, 0) is 6.54 Å². The second-order valence-electron chi connectivity index (χ2n) is 3.93. The highest BCUT2D eigenvalue weighted by atomic mass is 79.9. The third-order valence-electron chi connectivity index (χ3n) is 1.50. The molecule has 0 amide bonds. The molecule has 1 aromatic rings. The molecule has 0 spiro atoms. The first-order chi connectivity index (χ1) is 5.08. The number of halogens is 3. The van der Waals surface area contributed by atoms with Gasteiger partial charge in [-0.05, 0) is 0 Å². The molecule has 0 saturated carbocycles. The molecule has 1 rings (SSSR count). The van der Waals surface area contributed by atoms with E-state index >= 15 is 0 Å². The Balaban J connectivity index is -0.000000403. The first kappa shape index (κ1) is 20.1. The van der Waals surface area contributed by atoms with Crippen molar-refractivity contribution in [3.8, 4) is 0 Å². The highest BCUT2D eigenvalue weighted by Gasteiger charge is 2.06. The van der Waals surface area contributed by atoms with Crippen LogP contribution in [0.15, 0.2) is 30.3 Å². The molecular formula is C10H18Br3N. The molecule has 0 atom stereocenters. The molecule has 0 unspecified atom stereocenters. The van der Waals surface area contributed by atoms with E-state index in [4.69, 9.17) is 0 Å². The Hall–Kier alpha value is 0.620. The van der Waals surface area contributed by atoms with Crippen molar-refractivity contribution in [2.45, 2.75) is 6.54 Å². The van der Waals surface area contributed by atoms with Crippen LogP contribution in [0.4, 0.5) is 0 Å². The van der Waals surface area contributed by atoms with Gasteiger partial charge in [0.25, 0.3) is 0 Å². The number of nitrogens with zero attached hydrogens (tertiary/aromatic N) is 1. The van der Waals surface area contributed by atoms with E-state index in [0.29, 0.717) is 0 Å². The lowest BCUT2D eigenvalue weighted by Gasteiger charge is -2.23. The summed E-state index contributed by atoms with van der Waals surface area (Å²) in [7, 11) is 6.60. The van der Waals surface area contributed by atoms with E-state index in [9.17, 15) is 0 Å². The number of rotatable bonds is 2. The summed E-state index contributed by atoms with van der Waals surface area (Å²) in [4.78, 5) is 0. The van der Waals surface area contributed by atoms with E-state index in [0.717, 1.165) is 11.0 Å². The van der Waals surface area contributed by atoms with Crippen LogP contribution in [0.1, 0.15) is 5.56 Å². The predicted octanol–water partition coefficient (Wildman–Crippen LogP) is 0.0526. The molecule has 84 valence electrons. The zero-order valence-corrected chi connectivity index (χ0v) is 13.7. The van der Waals surface area contributed by atoms with Gasteiger partial charge >= 0.3 is 0 Å². The van der Waals surface area contributed by atoms with Crippen LogP contribution in [0.2, 0.25) is 0 Å². The van der Waals surface area contributed by atoms with Crippen molar-refractivity contribution in [3.63, 3.8) is 0 Å². The highest BCUT2D eigenvalue weighted by Crippen LogP contribution is 2.04. The molecule has 0 aliphatic rings. The average molecular weight is 392 g/mol. The maximum absolute atomic E-state index is 2.20. The van der Waals surface area contributed by atoms with E-state index in [1.165, 1.54) is 5.56 Å². The minimum Gasteiger partial charge on any atom is -1.00 e. The summed E-state index contributed by atoms with van der Waals surface area (Å²) in [6.45, 7) is 1.10. The van der Waals surface area contributed by atoms with Gasteiger partial charge in [0.05, 0.1) is 21.1 Å². The SMILES string of the molecule is Br.Br.C[N+](C)(C)Cc1ccccc1.[Br-]. The molecule has 0 aliphatic heterocycles. The molecule has 1 nitrogen and oxygen atoms in total. The number of hydrogen-bond acceptors (Lipinski definition) is 0. The van der Waals surface area contributed by atoms with Crippen molar-refractivity contribution >= 4 is 34.0 Å². The molecule has 0 heterocycles. The van der Waals surface area contributed by atoms with E-state index in [2.05, 4.69) is 51.5 Å². The normalized spacial score (nSPS) is 9.07. The molecule has 14 heavy (non-hydrogen) atoms. The fourth-order valence-corrected chi connectivity index (χ4v) is 1.13. The van der Waals surface area contributed by atoms with Crippen LogP contribution in [0.25, 0.3) is 0 Å². The summed E-state index contributed by atoms with van der Waals surface area (Å²) < 4.78 is 0.990. The fraction of sp³-hybridized carbons (Fsp3) is 0.400. The summed E-state index contributed by atoms with van der Waals surface area (Å²) in [5.41, 5.74) is 1.40. The zero-order chi connectivity index (χ0) is 8.32. The molecule has 0 fully saturated rings. The van der Waals surface area contributed by atoms with Gasteiger partial charge in [-0.2, -0.15) is 0 Å². The smallest absolute Gasteiger partial charge is 0.104 e. The minimum absolute atomic E-state index is 0. The van der Waals surface area contributed by atoms with Crippen LogP contribution in [0, 0.1) is 0 Å². The second-order valence-corrected chi connectivity index (χ2v) is 3.93. The summed E-state index contributed by atoms with van der Waals surface area (Å²) in [5.74, 6) is 0. The van der Waals surface area contributed by atoms with Gasteiger partial charge in [0.2, 0.25) is 0 Å². The Labute approximate surface area is 118 Å². The van der Waals surface area contributed by atoms with E-state index < -0.39 is 0 Å². The Kier molecular flexibility index (Phi) is 12.8. The molecule has 1 aromatic carbocycles. The molecule has 0 N–H and O–H groups in total. The number of hydrogen-bond donors (Lipinski definition) is 0. The third-order valence-corrected chi connectivity index (χ3v) is 1.50. The number of quaternary nitrogens is 1. The van der Waals surface area contributed by atoms with Gasteiger partial charge in [-0.25, -0.2) is 0 Å². The molecular weight excluding hydrogens is 374 g/mol. The van der Waals surface area contributed by atoms with Gasteiger partial charge in [-0.15, -0.1) is 34.0 Å². The average Bonchev–Trinajstić information content (AvgIpc) is 1.85. The maximum Gasteiger partial charge on any atom is 0.104 e. The Morgan fingerprint density at radius 1 is 0.929 bits per heavy atom. The van der Waals surface area contributed by atoms with Gasteiger partial charge in [-0.3, -0.25) is 0 Å². The Morgan fingerprint density at radius 3 is 1.71 bits per heavy atom. The van der Waals surface area contributed by atoms with E-state index in [1.54, 1.807) is 0 Å². The van der Waals surface area contributed by atoms with E-state index in [-0.39, 0.29) is 50.9 Å². The van der Waals surface area contributed by atoms with Gasteiger partial charge in [0.1, 0.15) is 6.54 Å². The van der Waals surface area contributed by atoms with Gasteiger partial charge < -0.3 is 21.5 Å². The first-order valence-electron chi connectivity index (χ1n) is 3.92. The summed E-state index contributed by atoms with van der Waals surface area (Å²) in [6, 6.07) is 10.6. The van der Waals surface area contributed by atoms with Gasteiger partial charge in [-0.1, -0.05) is 30.3 Å². The zero-order valence-electron chi connectivity index (χ0n) is 8.74. The van der Waals surface area contributed by atoms with Crippen molar-refractivity contribution in [1.82, 2.24) is 0 Å². The molecule has 4 heteroatoms. The summed E-state index contributed by atoms with van der Waals surface area (Å²) in [5, 5.41) is 0. The molecule has 0 aliphatic carbocycles. The van der Waals surface area contributed by atoms with Crippen molar-refractivity contribution in [2.24, 2.45) is 0 Å². The Bertz CT molecular complexity index is 219. The van der Waals surface area contributed by atoms with Crippen molar-refractivity contribution in [3.05, 3.63) is 35.9 Å². The van der Waals surface area contributed by atoms with Crippen LogP contribution in [0.3, 0.4) is 0 Å². The predicted molar refractivity (Wildman–Crippen MR) is 68.8 cm³/mol. The summed E-state index contributed by atoms with van der Waals surface area (Å²) in [6.07, 6.45) is 0. The van der Waals surface area contributed by atoms with Crippen molar-refractivity contribution in [1.29, 1.82) is 0 Å². The fourth-order valence-electron chi connectivity index (χ4n) is 1.13. The molecule has 0 radical (unpaired) electrons. The van der Waals surface area contributed by atoms with Crippen molar-refractivity contribution < 1.29 is 21.5 Å². The van der Waals surface area contributed by atoms with Crippen molar-refractivity contribution in [2.75, 3.05) is 21.1 Å². The quantitative estimate of drug-likeness (QED) is 0.625. The lowest BCUT2D eigenvalue weighted by Crippen LogP contribution is -3.00. The minimum atomic E-state index is 0. The van der Waals surface area contributed by atoms with Crippen LogP contribution >= 0.6 is 34.0 Å². The monoisotopic (exact) mass is 389 g/mol. The van der Waals surface area contributed by atoms with Gasteiger partial charge in [0, 0.05) is 5.56 Å². The molecule has 0 bridgehead atoms. The summed E-state index contributed by atoms with van der Waals surface area (Å²) >= 11 is 0. The Morgan fingerprint density at radius 2 is 1.36 bits per heavy atom. The van der Waals surface area contributed by atoms with Crippen LogP contribution < -0.4 is 17.0 Å².